The molecule has 4 N–H and O–H groups in total. The monoisotopic (exact) mass is 730 g/mol. The number of ether oxygens (including phenoxy) is 6. The lowest BCUT2D eigenvalue weighted by atomic mass is 10.1. The molecule has 0 unspecified atom stereocenters. The van der Waals surface area contributed by atoms with Crippen LogP contribution in [0.2, 0.25) is 0 Å². The maximum atomic E-state index is 13.2. The van der Waals surface area contributed by atoms with Gasteiger partial charge in [-0.15, -0.1) is 0 Å². The molecular formula is C40H66N4O8. The number of carbonyl (C=O) groups is 2. The van der Waals surface area contributed by atoms with Crippen molar-refractivity contribution in [3.8, 4) is 34.5 Å². The van der Waals surface area contributed by atoms with Gasteiger partial charge in [0.2, 0.25) is 11.5 Å². The second-order valence-electron chi connectivity index (χ2n) is 12.6. The van der Waals surface area contributed by atoms with Gasteiger partial charge in [0, 0.05) is 24.2 Å². The lowest BCUT2D eigenvalue weighted by Crippen LogP contribution is -2.45. The van der Waals surface area contributed by atoms with E-state index in [0.29, 0.717) is 98.4 Å². The number of hydrogen-bond acceptors (Lipinski definition) is 10. The summed E-state index contributed by atoms with van der Waals surface area (Å²) in [7, 11) is 0. The molecule has 0 saturated heterocycles. The van der Waals surface area contributed by atoms with Crippen molar-refractivity contribution in [1.82, 2.24) is 21.7 Å². The van der Waals surface area contributed by atoms with Crippen molar-refractivity contribution in [2.75, 3.05) is 52.7 Å². The molecule has 0 fully saturated rings. The van der Waals surface area contributed by atoms with Crippen LogP contribution in [0.5, 0.6) is 34.5 Å². The zero-order valence-corrected chi connectivity index (χ0v) is 32.7. The van der Waals surface area contributed by atoms with E-state index in [1.165, 1.54) is 0 Å². The summed E-state index contributed by atoms with van der Waals surface area (Å²) in [5.74, 6) is 2.33. The third-order valence-corrected chi connectivity index (χ3v) is 7.86. The van der Waals surface area contributed by atoms with Crippen molar-refractivity contribution in [3.05, 3.63) is 35.4 Å². The molecule has 0 aliphatic carbocycles. The van der Waals surface area contributed by atoms with Crippen LogP contribution in [-0.4, -0.2) is 64.5 Å². The van der Waals surface area contributed by atoms with Gasteiger partial charge in [0.05, 0.1) is 39.6 Å². The second-order valence-corrected chi connectivity index (χ2v) is 12.6. The Morgan fingerprint density at radius 2 is 0.673 bits per heavy atom. The summed E-state index contributed by atoms with van der Waals surface area (Å²) in [6.45, 7) is 16.3. The van der Waals surface area contributed by atoms with Crippen LogP contribution >= 0.6 is 0 Å². The molecule has 294 valence electrons. The van der Waals surface area contributed by atoms with Crippen molar-refractivity contribution >= 4 is 11.8 Å². The molecule has 0 spiro atoms. The Bertz CT molecular complexity index is 1130. The summed E-state index contributed by atoms with van der Waals surface area (Å²) in [6.07, 6.45) is 11.2. The summed E-state index contributed by atoms with van der Waals surface area (Å²) in [5, 5.41) is 0. The third-order valence-electron chi connectivity index (χ3n) is 7.86. The highest BCUT2D eigenvalue weighted by molar-refractivity contribution is 5.96. The van der Waals surface area contributed by atoms with E-state index in [1.807, 2.05) is 0 Å². The number of amides is 2. The Balaban J connectivity index is 2.07. The molecule has 12 heteroatoms. The Labute approximate surface area is 312 Å². The Morgan fingerprint density at radius 1 is 0.423 bits per heavy atom. The van der Waals surface area contributed by atoms with Gasteiger partial charge in [-0.25, -0.2) is 10.9 Å². The first-order chi connectivity index (χ1) is 25.4. The molecule has 0 saturated carbocycles. The molecule has 0 aliphatic rings. The molecule has 0 aliphatic heterocycles. The summed E-state index contributed by atoms with van der Waals surface area (Å²) in [4.78, 5) is 26.4. The van der Waals surface area contributed by atoms with Crippen LogP contribution in [0.4, 0.5) is 0 Å². The summed E-state index contributed by atoms with van der Waals surface area (Å²) in [6, 6.07) is 6.78. The first-order valence-electron chi connectivity index (χ1n) is 19.6. The van der Waals surface area contributed by atoms with Crippen molar-refractivity contribution < 1.29 is 38.0 Å². The summed E-state index contributed by atoms with van der Waals surface area (Å²) in [5.41, 5.74) is 12.1. The van der Waals surface area contributed by atoms with Gasteiger partial charge in [0.1, 0.15) is 0 Å². The number of nitrogens with one attached hydrogen (secondary N) is 4. The van der Waals surface area contributed by atoms with E-state index in [9.17, 15) is 9.59 Å². The summed E-state index contributed by atoms with van der Waals surface area (Å²) >= 11 is 0. The van der Waals surface area contributed by atoms with Gasteiger partial charge in [-0.2, -0.15) is 0 Å². The minimum absolute atomic E-state index is 0.324. The minimum Gasteiger partial charge on any atom is -0.490 e. The van der Waals surface area contributed by atoms with E-state index in [2.05, 4.69) is 63.2 Å². The molecule has 0 radical (unpaired) electrons. The fraction of sp³-hybridized carbons (Fsp3) is 0.650. The minimum atomic E-state index is -0.350. The van der Waals surface area contributed by atoms with Crippen molar-refractivity contribution in [2.24, 2.45) is 0 Å². The summed E-state index contributed by atoms with van der Waals surface area (Å²) < 4.78 is 36.5. The Hall–Kier alpha value is -3.90. The highest BCUT2D eigenvalue weighted by Gasteiger charge is 2.21. The smallest absolute Gasteiger partial charge is 0.265 e. The molecule has 12 nitrogen and oxygen atoms in total. The SMILES string of the molecule is CCCCOc1cc(C(=O)NNCCNNC(=O)c2cc(OCCCC)c(OCCCC)c(OCCCC)c2)cc(OCCCC)c1OCCCC. The molecule has 0 aromatic heterocycles. The van der Waals surface area contributed by atoms with Gasteiger partial charge in [-0.1, -0.05) is 80.1 Å². The normalized spacial score (nSPS) is 10.8. The van der Waals surface area contributed by atoms with E-state index >= 15 is 0 Å². The molecule has 2 rings (SSSR count). The highest BCUT2D eigenvalue weighted by atomic mass is 16.5. The van der Waals surface area contributed by atoms with Gasteiger partial charge in [-0.3, -0.25) is 20.4 Å². The number of benzene rings is 2. The molecule has 0 heterocycles. The second kappa shape index (κ2) is 27.7. The zero-order chi connectivity index (χ0) is 37.8. The van der Waals surface area contributed by atoms with Gasteiger partial charge in [0.25, 0.3) is 11.8 Å². The molecule has 2 aromatic carbocycles. The fourth-order valence-electron chi connectivity index (χ4n) is 4.63. The molecular weight excluding hydrogens is 664 g/mol. The molecule has 0 atom stereocenters. The highest BCUT2D eigenvalue weighted by Crippen LogP contribution is 2.41. The maximum Gasteiger partial charge on any atom is 0.265 e. The van der Waals surface area contributed by atoms with Crippen LogP contribution in [0.1, 0.15) is 139 Å². The van der Waals surface area contributed by atoms with Crippen LogP contribution in [0.3, 0.4) is 0 Å². The fourth-order valence-corrected chi connectivity index (χ4v) is 4.63. The molecule has 2 aromatic rings. The van der Waals surface area contributed by atoms with Crippen LogP contribution in [0.15, 0.2) is 24.3 Å². The standard InChI is InChI=1S/C40H66N4O8/c1-7-13-21-47-33-27-31(28-34(48-22-14-8-2)37(33)51-25-17-11-5)39(45)43-41-19-20-42-44-40(46)32-29-35(49-23-15-9-3)38(52-26-18-12-6)36(30-32)50-24-16-10-4/h27-30,41-42H,7-26H2,1-6H3,(H,43,45)(H,44,46). The predicted octanol–water partition coefficient (Wildman–Crippen LogP) is 7.93. The van der Waals surface area contributed by atoms with Gasteiger partial charge in [0.15, 0.2) is 23.0 Å². The number of carbonyl (C=O) groups excluding carboxylic acids is 2. The Morgan fingerprint density at radius 3 is 0.923 bits per heavy atom. The lowest BCUT2D eigenvalue weighted by Gasteiger charge is -2.19. The van der Waals surface area contributed by atoms with Crippen LogP contribution in [0.25, 0.3) is 0 Å². The largest absolute Gasteiger partial charge is 0.490 e. The van der Waals surface area contributed by atoms with Gasteiger partial charge >= 0.3 is 0 Å². The Kier molecular flexibility index (Phi) is 23.6. The maximum absolute atomic E-state index is 13.2. The van der Waals surface area contributed by atoms with Gasteiger partial charge in [-0.05, 0) is 62.8 Å². The lowest BCUT2D eigenvalue weighted by molar-refractivity contribution is 0.0915. The van der Waals surface area contributed by atoms with Crippen molar-refractivity contribution in [1.29, 1.82) is 0 Å². The van der Waals surface area contributed by atoms with E-state index in [-0.39, 0.29) is 11.8 Å². The van der Waals surface area contributed by atoms with Crippen molar-refractivity contribution in [3.63, 3.8) is 0 Å². The number of hydrazine groups is 2. The first kappa shape index (κ1) is 44.3. The average Bonchev–Trinajstić information content (AvgIpc) is 3.14. The molecule has 52 heavy (non-hydrogen) atoms. The molecule has 0 bridgehead atoms. The van der Waals surface area contributed by atoms with Crippen LogP contribution in [0, 0.1) is 0 Å². The molecule has 2 amide bonds. The van der Waals surface area contributed by atoms with E-state index < -0.39 is 0 Å². The van der Waals surface area contributed by atoms with E-state index in [1.54, 1.807) is 24.3 Å². The van der Waals surface area contributed by atoms with Crippen molar-refractivity contribution in [2.45, 2.75) is 119 Å². The van der Waals surface area contributed by atoms with Crippen LogP contribution in [-0.2, 0) is 0 Å². The third kappa shape index (κ3) is 16.6. The number of rotatable bonds is 31. The zero-order valence-electron chi connectivity index (χ0n) is 32.7. The first-order valence-corrected chi connectivity index (χ1v) is 19.6. The topological polar surface area (TPSA) is 138 Å². The van der Waals surface area contributed by atoms with Crippen LogP contribution < -0.4 is 50.1 Å². The average molecular weight is 731 g/mol. The van der Waals surface area contributed by atoms with E-state index in [0.717, 1.165) is 77.0 Å². The number of unbranched alkanes of at least 4 members (excludes halogenated alkanes) is 6. The van der Waals surface area contributed by atoms with Gasteiger partial charge < -0.3 is 28.4 Å². The quantitative estimate of drug-likeness (QED) is 0.0447. The van der Waals surface area contributed by atoms with E-state index in [4.69, 9.17) is 28.4 Å². The predicted molar refractivity (Wildman–Crippen MR) is 206 cm³/mol. The number of hydrogen-bond donors (Lipinski definition) is 4.